The van der Waals surface area contributed by atoms with Crippen molar-refractivity contribution in [2.75, 3.05) is 5.32 Å². The lowest BCUT2D eigenvalue weighted by Gasteiger charge is -2.16. The molecular weight excluding hydrogens is 595 g/mol. The van der Waals surface area contributed by atoms with Crippen LogP contribution >= 0.6 is 0 Å². The molecule has 0 saturated carbocycles. The van der Waals surface area contributed by atoms with Crippen LogP contribution in [0.3, 0.4) is 0 Å². The summed E-state index contributed by atoms with van der Waals surface area (Å²) in [6.45, 7) is 1.99. The van der Waals surface area contributed by atoms with Gasteiger partial charge in [0.1, 0.15) is 5.69 Å². The third-order valence-corrected chi connectivity index (χ3v) is 8.56. The molecule has 224 valence electrons. The average molecular weight is 622 g/mol. The maximum Gasteiger partial charge on any atom is 0.416 e. The molecule has 6 rings (SSSR count). The van der Waals surface area contributed by atoms with Crippen LogP contribution in [-0.2, 0) is 17.0 Å². The first-order chi connectivity index (χ1) is 21.8. The topological polar surface area (TPSA) is 80.7 Å². The zero-order valence-electron chi connectivity index (χ0n) is 23.9. The highest BCUT2D eigenvalue weighted by Gasteiger charge is 2.31. The molecular formula is C35H26F3N5OS. The van der Waals surface area contributed by atoms with Gasteiger partial charge in [0, 0.05) is 32.7 Å². The molecule has 10 heteroatoms. The predicted octanol–water partition coefficient (Wildman–Crippen LogP) is 8.63. The van der Waals surface area contributed by atoms with E-state index in [1.165, 1.54) is 6.07 Å². The maximum absolute atomic E-state index is 13.6. The summed E-state index contributed by atoms with van der Waals surface area (Å²) in [5.41, 5.74) is 2.85. The molecule has 1 N–H and O–H groups in total. The highest BCUT2D eigenvalue weighted by Crippen LogP contribution is 2.36. The number of nitrogens with zero attached hydrogens (tertiary/aromatic N) is 4. The van der Waals surface area contributed by atoms with E-state index in [0.717, 1.165) is 17.7 Å². The van der Waals surface area contributed by atoms with E-state index < -0.39 is 22.5 Å². The molecule has 0 fully saturated rings. The zero-order valence-corrected chi connectivity index (χ0v) is 24.8. The van der Waals surface area contributed by atoms with Gasteiger partial charge in [-0.2, -0.15) is 13.2 Å². The van der Waals surface area contributed by atoms with Crippen molar-refractivity contribution < 1.29 is 17.4 Å². The van der Waals surface area contributed by atoms with E-state index in [2.05, 4.69) is 20.5 Å². The number of anilines is 1. The van der Waals surface area contributed by atoms with Gasteiger partial charge in [-0.25, -0.2) is 14.2 Å². The lowest BCUT2D eigenvalue weighted by molar-refractivity contribution is -0.137. The molecule has 0 aliphatic rings. The third-order valence-electron chi connectivity index (χ3n) is 7.16. The fourth-order valence-electron chi connectivity index (χ4n) is 4.81. The van der Waals surface area contributed by atoms with Crippen molar-refractivity contribution in [1.29, 1.82) is 0 Å². The SMILES string of the molecule is C[C@H](Nc1nccc(-c2cc(-c3ccc(S(=O)c4ccccc4)cc3)nnc2-c2cccc(C(F)(F)F)c2)n1)c1ccccc1. The van der Waals surface area contributed by atoms with Crippen LogP contribution in [0.5, 0.6) is 0 Å². The van der Waals surface area contributed by atoms with E-state index in [1.807, 2.05) is 55.5 Å². The van der Waals surface area contributed by atoms with Crippen LogP contribution in [0.15, 0.2) is 137 Å². The Morgan fingerprint density at radius 2 is 1.40 bits per heavy atom. The molecule has 0 spiro atoms. The van der Waals surface area contributed by atoms with Crippen molar-refractivity contribution in [1.82, 2.24) is 20.2 Å². The van der Waals surface area contributed by atoms with Crippen molar-refractivity contribution in [3.05, 3.63) is 139 Å². The van der Waals surface area contributed by atoms with Crippen LogP contribution in [0.1, 0.15) is 24.1 Å². The molecule has 0 aliphatic carbocycles. The second-order valence-electron chi connectivity index (χ2n) is 10.2. The highest BCUT2D eigenvalue weighted by molar-refractivity contribution is 7.85. The smallest absolute Gasteiger partial charge is 0.348 e. The van der Waals surface area contributed by atoms with Crippen LogP contribution in [0, 0.1) is 0 Å². The van der Waals surface area contributed by atoms with Gasteiger partial charge in [0.25, 0.3) is 0 Å². The summed E-state index contributed by atoms with van der Waals surface area (Å²) in [6, 6.07) is 34.4. The molecule has 45 heavy (non-hydrogen) atoms. The normalized spacial score (nSPS) is 12.8. The van der Waals surface area contributed by atoms with Gasteiger partial charge in [-0.1, -0.05) is 72.8 Å². The summed E-state index contributed by atoms with van der Waals surface area (Å²) >= 11 is 0. The summed E-state index contributed by atoms with van der Waals surface area (Å²) in [6.07, 6.45) is -2.93. The number of halogens is 3. The van der Waals surface area contributed by atoms with Gasteiger partial charge in [-0.15, -0.1) is 10.2 Å². The Kier molecular flexibility index (Phi) is 8.48. The number of nitrogens with one attached hydrogen (secondary N) is 1. The van der Waals surface area contributed by atoms with Crippen LogP contribution in [0.2, 0.25) is 0 Å². The molecule has 1 unspecified atom stereocenters. The van der Waals surface area contributed by atoms with Gasteiger partial charge < -0.3 is 5.32 Å². The highest BCUT2D eigenvalue weighted by atomic mass is 32.2. The number of hydrogen-bond donors (Lipinski definition) is 1. The van der Waals surface area contributed by atoms with Gasteiger partial charge in [0.2, 0.25) is 5.95 Å². The van der Waals surface area contributed by atoms with Gasteiger partial charge in [-0.05, 0) is 61.0 Å². The molecule has 0 bridgehead atoms. The third kappa shape index (κ3) is 6.81. The summed E-state index contributed by atoms with van der Waals surface area (Å²) in [5, 5.41) is 12.1. The number of alkyl halides is 3. The molecule has 2 atom stereocenters. The Bertz CT molecular complexity index is 1950. The van der Waals surface area contributed by atoms with Crippen molar-refractivity contribution in [3.8, 4) is 33.8 Å². The Labute approximate surface area is 260 Å². The van der Waals surface area contributed by atoms with Crippen molar-refractivity contribution >= 4 is 16.7 Å². The fraction of sp³-hybridized carbons (Fsp3) is 0.0857. The molecule has 6 aromatic rings. The van der Waals surface area contributed by atoms with Gasteiger partial charge >= 0.3 is 6.18 Å². The largest absolute Gasteiger partial charge is 0.416 e. The first-order valence-electron chi connectivity index (χ1n) is 14.0. The maximum atomic E-state index is 13.6. The van der Waals surface area contributed by atoms with Crippen molar-refractivity contribution in [2.45, 2.75) is 28.9 Å². The Morgan fingerprint density at radius 1 is 0.711 bits per heavy atom. The fourth-order valence-corrected chi connectivity index (χ4v) is 5.87. The minimum Gasteiger partial charge on any atom is -0.348 e. The summed E-state index contributed by atoms with van der Waals surface area (Å²) in [7, 11) is -1.36. The van der Waals surface area contributed by atoms with E-state index >= 15 is 0 Å². The second kappa shape index (κ2) is 12.8. The summed E-state index contributed by atoms with van der Waals surface area (Å²) in [4.78, 5) is 10.4. The van der Waals surface area contributed by atoms with Gasteiger partial charge in [-0.3, -0.25) is 0 Å². The molecule has 2 aromatic heterocycles. The van der Waals surface area contributed by atoms with Crippen molar-refractivity contribution in [2.24, 2.45) is 0 Å². The molecule has 0 amide bonds. The molecule has 0 aliphatic heterocycles. The van der Waals surface area contributed by atoms with Crippen LogP contribution in [-0.4, -0.2) is 24.4 Å². The number of rotatable bonds is 8. The summed E-state index contributed by atoms with van der Waals surface area (Å²) in [5.74, 6) is 0.352. The zero-order chi connectivity index (χ0) is 31.4. The standard InChI is InChI=1S/C35H26F3N5OS/c1-23(24-9-4-2-5-10-24)40-34-39-20-19-31(41-34)30-22-32(42-43-33(30)26-11-8-12-27(21-26)35(36,37)38)25-15-17-29(18-16-25)45(44)28-13-6-3-7-14-28/h2-23H,1H3,(H,39,40,41)/t23-,45?/m0/s1. The van der Waals surface area contributed by atoms with E-state index in [-0.39, 0.29) is 17.3 Å². The minimum absolute atomic E-state index is 0.101. The average Bonchev–Trinajstić information content (AvgIpc) is 3.08. The number of aromatic nitrogens is 4. The monoisotopic (exact) mass is 621 g/mol. The summed E-state index contributed by atoms with van der Waals surface area (Å²) < 4.78 is 53.9. The Morgan fingerprint density at radius 3 is 2.11 bits per heavy atom. The van der Waals surface area contributed by atoms with Gasteiger partial charge in [0.15, 0.2) is 0 Å². The quantitative estimate of drug-likeness (QED) is 0.183. The Balaban J connectivity index is 1.40. The predicted molar refractivity (Wildman–Crippen MR) is 169 cm³/mol. The molecule has 4 aromatic carbocycles. The minimum atomic E-state index is -4.52. The lowest BCUT2D eigenvalue weighted by Crippen LogP contribution is -2.09. The number of benzene rings is 4. The van der Waals surface area contributed by atoms with E-state index in [4.69, 9.17) is 4.98 Å². The second-order valence-corrected chi connectivity index (χ2v) is 11.7. The lowest BCUT2D eigenvalue weighted by atomic mass is 10.00. The first-order valence-corrected chi connectivity index (χ1v) is 15.2. The van der Waals surface area contributed by atoms with Crippen molar-refractivity contribution in [3.63, 3.8) is 0 Å². The van der Waals surface area contributed by atoms with E-state index in [0.29, 0.717) is 38.3 Å². The van der Waals surface area contributed by atoms with Crippen LogP contribution in [0.4, 0.5) is 19.1 Å². The van der Waals surface area contributed by atoms with Gasteiger partial charge in [0.05, 0.1) is 33.8 Å². The Hall–Kier alpha value is -5.22. The molecule has 0 saturated heterocycles. The molecule has 6 nitrogen and oxygen atoms in total. The van der Waals surface area contributed by atoms with Crippen LogP contribution < -0.4 is 5.32 Å². The van der Waals surface area contributed by atoms with Crippen LogP contribution in [0.25, 0.3) is 33.8 Å². The van der Waals surface area contributed by atoms with E-state index in [9.17, 15) is 17.4 Å². The first kappa shape index (κ1) is 29.8. The number of hydrogen-bond acceptors (Lipinski definition) is 6. The van der Waals surface area contributed by atoms with E-state index in [1.54, 1.807) is 60.8 Å². The molecule has 0 radical (unpaired) electrons. The molecule has 2 heterocycles.